The van der Waals surface area contributed by atoms with Gasteiger partial charge in [0, 0.05) is 19.7 Å². The molecule has 1 unspecified atom stereocenters. The van der Waals surface area contributed by atoms with E-state index in [2.05, 4.69) is 10.2 Å². The minimum absolute atomic E-state index is 0.388. The highest BCUT2D eigenvalue weighted by molar-refractivity contribution is 4.75. The van der Waals surface area contributed by atoms with Crippen LogP contribution in [0.15, 0.2) is 0 Å². The van der Waals surface area contributed by atoms with Gasteiger partial charge in [-0.3, -0.25) is 4.90 Å². The molecule has 2 rings (SSSR count). The van der Waals surface area contributed by atoms with E-state index in [4.69, 9.17) is 4.74 Å². The van der Waals surface area contributed by atoms with E-state index in [0.717, 1.165) is 19.8 Å². The Morgan fingerprint density at radius 3 is 3.44 bits per heavy atom. The Morgan fingerprint density at radius 1 is 1.56 bits per heavy atom. The summed E-state index contributed by atoms with van der Waals surface area (Å²) >= 11 is 0. The van der Waals surface area contributed by atoms with E-state index in [1.165, 1.54) is 13.0 Å². The molecule has 2 aliphatic heterocycles. The van der Waals surface area contributed by atoms with Crippen molar-refractivity contribution < 1.29 is 4.74 Å². The zero-order chi connectivity index (χ0) is 6.10. The number of hydrogen-bond donors (Lipinski definition) is 1. The van der Waals surface area contributed by atoms with Crippen LogP contribution < -0.4 is 5.32 Å². The lowest BCUT2D eigenvalue weighted by Gasteiger charge is -2.27. The van der Waals surface area contributed by atoms with Crippen molar-refractivity contribution in [2.45, 2.75) is 12.6 Å². The molecule has 0 spiro atoms. The first-order valence-electron chi connectivity index (χ1n) is 3.53. The summed E-state index contributed by atoms with van der Waals surface area (Å²) in [6.07, 6.45) is 1.58. The highest BCUT2D eigenvalue weighted by Crippen LogP contribution is 2.11. The topological polar surface area (TPSA) is 24.5 Å². The van der Waals surface area contributed by atoms with Gasteiger partial charge < -0.3 is 10.1 Å². The second-order valence-corrected chi connectivity index (χ2v) is 2.60. The summed E-state index contributed by atoms with van der Waals surface area (Å²) in [5.74, 6) is 0. The number of hydrogen-bond acceptors (Lipinski definition) is 3. The van der Waals surface area contributed by atoms with Crippen LogP contribution in [0.2, 0.25) is 0 Å². The Bertz CT molecular complexity index is 95.2. The quantitative estimate of drug-likeness (QED) is 0.480. The van der Waals surface area contributed by atoms with Gasteiger partial charge in [0.25, 0.3) is 0 Å². The van der Waals surface area contributed by atoms with Crippen LogP contribution in [0.3, 0.4) is 0 Å². The predicted molar refractivity (Wildman–Crippen MR) is 33.9 cm³/mol. The van der Waals surface area contributed by atoms with Crippen molar-refractivity contribution in [3.8, 4) is 0 Å². The summed E-state index contributed by atoms with van der Waals surface area (Å²) < 4.78 is 5.47. The lowest BCUT2D eigenvalue weighted by Crippen LogP contribution is -2.38. The average Bonchev–Trinajstić information content (AvgIpc) is 2.33. The van der Waals surface area contributed by atoms with Crippen LogP contribution in [0.5, 0.6) is 0 Å². The molecular formula is C6H12N2O. The van der Waals surface area contributed by atoms with Gasteiger partial charge in [-0.05, 0) is 6.42 Å². The smallest absolute Gasteiger partial charge is 0.124 e. The second kappa shape index (κ2) is 2.25. The molecule has 1 atom stereocenters. The van der Waals surface area contributed by atoms with Crippen molar-refractivity contribution >= 4 is 0 Å². The van der Waals surface area contributed by atoms with E-state index in [0.29, 0.717) is 6.23 Å². The van der Waals surface area contributed by atoms with Crippen LogP contribution in [-0.2, 0) is 4.74 Å². The molecule has 2 fully saturated rings. The predicted octanol–water partition coefficient (Wildman–Crippen LogP) is -0.405. The van der Waals surface area contributed by atoms with Gasteiger partial charge in [0.2, 0.25) is 0 Å². The zero-order valence-corrected chi connectivity index (χ0v) is 5.47. The fraction of sp³-hybridized carbons (Fsp3) is 1.00. The van der Waals surface area contributed by atoms with Crippen LogP contribution in [0.1, 0.15) is 6.42 Å². The second-order valence-electron chi connectivity index (χ2n) is 2.60. The van der Waals surface area contributed by atoms with Crippen molar-refractivity contribution in [1.82, 2.24) is 10.2 Å². The molecule has 0 aromatic carbocycles. The standard InChI is InChI=1S/C6H12N2O/c1-2-8-5-7-4-6(8)9-3-1/h6-7H,1-5H2. The van der Waals surface area contributed by atoms with Gasteiger partial charge >= 0.3 is 0 Å². The average molecular weight is 128 g/mol. The Kier molecular flexibility index (Phi) is 1.41. The van der Waals surface area contributed by atoms with Crippen LogP contribution >= 0.6 is 0 Å². The molecule has 0 aliphatic carbocycles. The first-order chi connectivity index (χ1) is 4.47. The maximum absolute atomic E-state index is 5.47. The fourth-order valence-electron chi connectivity index (χ4n) is 1.44. The third kappa shape index (κ3) is 0.956. The van der Waals surface area contributed by atoms with E-state index in [1.54, 1.807) is 0 Å². The van der Waals surface area contributed by atoms with E-state index in [9.17, 15) is 0 Å². The molecule has 1 N–H and O–H groups in total. The van der Waals surface area contributed by atoms with E-state index < -0.39 is 0 Å². The number of nitrogens with zero attached hydrogens (tertiary/aromatic N) is 1. The van der Waals surface area contributed by atoms with Gasteiger partial charge in [-0.15, -0.1) is 0 Å². The first kappa shape index (κ1) is 5.65. The summed E-state index contributed by atoms with van der Waals surface area (Å²) in [6, 6.07) is 0. The van der Waals surface area contributed by atoms with Crippen LogP contribution in [-0.4, -0.2) is 37.5 Å². The number of ether oxygens (including phenoxy) is 1. The summed E-state index contributed by atoms with van der Waals surface area (Å²) in [4.78, 5) is 2.34. The monoisotopic (exact) mass is 128 g/mol. The number of rotatable bonds is 0. The maximum atomic E-state index is 5.47. The molecule has 0 radical (unpaired) electrons. The molecule has 3 nitrogen and oxygen atoms in total. The van der Waals surface area contributed by atoms with E-state index in [-0.39, 0.29) is 0 Å². The molecule has 0 aromatic rings. The lowest BCUT2D eigenvalue weighted by atomic mass is 10.3. The third-order valence-corrected chi connectivity index (χ3v) is 1.94. The summed E-state index contributed by atoms with van der Waals surface area (Å²) in [5.41, 5.74) is 0. The maximum Gasteiger partial charge on any atom is 0.124 e. The Hall–Kier alpha value is -0.120. The largest absolute Gasteiger partial charge is 0.362 e. The SMILES string of the molecule is C1COC2CNCN2C1. The molecule has 0 amide bonds. The third-order valence-electron chi connectivity index (χ3n) is 1.94. The van der Waals surface area contributed by atoms with Gasteiger partial charge in [-0.1, -0.05) is 0 Å². The van der Waals surface area contributed by atoms with Crippen LogP contribution in [0, 0.1) is 0 Å². The molecule has 2 aliphatic rings. The lowest BCUT2D eigenvalue weighted by molar-refractivity contribution is -0.0640. The van der Waals surface area contributed by atoms with Crippen LogP contribution in [0.4, 0.5) is 0 Å². The summed E-state index contributed by atoms with van der Waals surface area (Å²) in [6.45, 7) is 4.19. The van der Waals surface area contributed by atoms with Gasteiger partial charge in [-0.2, -0.15) is 0 Å². The van der Waals surface area contributed by atoms with Crippen molar-refractivity contribution in [3.63, 3.8) is 0 Å². The highest BCUT2D eigenvalue weighted by Gasteiger charge is 2.26. The Morgan fingerprint density at radius 2 is 2.56 bits per heavy atom. The summed E-state index contributed by atoms with van der Waals surface area (Å²) in [5, 5.41) is 3.27. The highest BCUT2D eigenvalue weighted by atomic mass is 16.5. The molecule has 2 saturated heterocycles. The minimum atomic E-state index is 0.388. The van der Waals surface area contributed by atoms with Crippen molar-refractivity contribution in [1.29, 1.82) is 0 Å². The van der Waals surface area contributed by atoms with Crippen molar-refractivity contribution in [3.05, 3.63) is 0 Å². The normalized spacial score (nSPS) is 36.7. The molecule has 52 valence electrons. The summed E-state index contributed by atoms with van der Waals surface area (Å²) in [7, 11) is 0. The molecular weight excluding hydrogens is 116 g/mol. The van der Waals surface area contributed by atoms with E-state index >= 15 is 0 Å². The first-order valence-corrected chi connectivity index (χ1v) is 3.53. The van der Waals surface area contributed by atoms with Gasteiger partial charge in [0.15, 0.2) is 0 Å². The molecule has 0 aromatic heterocycles. The minimum Gasteiger partial charge on any atom is -0.362 e. The Labute approximate surface area is 55.0 Å². The van der Waals surface area contributed by atoms with Crippen molar-refractivity contribution in [2.24, 2.45) is 0 Å². The molecule has 9 heavy (non-hydrogen) atoms. The number of fused-ring (bicyclic) bond motifs is 1. The van der Waals surface area contributed by atoms with Gasteiger partial charge in [-0.25, -0.2) is 0 Å². The van der Waals surface area contributed by atoms with Gasteiger partial charge in [0.1, 0.15) is 6.23 Å². The zero-order valence-electron chi connectivity index (χ0n) is 5.47. The fourth-order valence-corrected chi connectivity index (χ4v) is 1.44. The molecule has 0 saturated carbocycles. The van der Waals surface area contributed by atoms with Crippen molar-refractivity contribution in [2.75, 3.05) is 26.4 Å². The van der Waals surface area contributed by atoms with Crippen LogP contribution in [0.25, 0.3) is 0 Å². The van der Waals surface area contributed by atoms with E-state index in [1.807, 2.05) is 0 Å². The molecule has 0 bridgehead atoms. The van der Waals surface area contributed by atoms with Gasteiger partial charge in [0.05, 0.1) is 6.67 Å². The molecule has 2 heterocycles. The number of nitrogens with one attached hydrogen (secondary N) is 1. The molecule has 3 heteroatoms. The Balaban J connectivity index is 1.97.